The standard InChI is InChI=1S/C17H19Br2N3O3.ClH/c1-2-25-17-15(18)9-12(10-16(17)19)11-20-7-8-21-13-3-5-14(6-4-13)22(23)24;/h3-6,9-10,20-21H,2,7-8,11H2,1H3;1H. The van der Waals surface area contributed by atoms with Gasteiger partial charge in [0.15, 0.2) is 0 Å². The van der Waals surface area contributed by atoms with Crippen LogP contribution in [0, 0.1) is 10.1 Å². The van der Waals surface area contributed by atoms with Gasteiger partial charge in [-0.25, -0.2) is 0 Å². The van der Waals surface area contributed by atoms with Crippen molar-refractivity contribution in [1.82, 2.24) is 5.32 Å². The Balaban J connectivity index is 0.00000338. The van der Waals surface area contributed by atoms with E-state index in [9.17, 15) is 10.1 Å². The van der Waals surface area contributed by atoms with Gasteiger partial charge in [-0.15, -0.1) is 12.4 Å². The Bertz CT molecular complexity index is 707. The Morgan fingerprint density at radius 3 is 2.27 bits per heavy atom. The first kappa shape index (κ1) is 22.7. The highest BCUT2D eigenvalue weighted by atomic mass is 79.9. The Labute approximate surface area is 175 Å². The SMILES string of the molecule is CCOc1c(Br)cc(CNCCNc2ccc([N+](=O)[O-])cc2)cc1Br.Cl. The number of nitro benzene ring substituents is 1. The van der Waals surface area contributed by atoms with Crippen LogP contribution in [0.5, 0.6) is 5.75 Å². The molecule has 0 aliphatic carbocycles. The largest absolute Gasteiger partial charge is 0.492 e. The number of rotatable bonds is 9. The minimum atomic E-state index is -0.404. The molecule has 0 amide bonds. The van der Waals surface area contributed by atoms with E-state index in [1.807, 2.05) is 19.1 Å². The number of halogens is 3. The van der Waals surface area contributed by atoms with Gasteiger partial charge in [-0.05, 0) is 68.6 Å². The third-order valence-corrected chi connectivity index (χ3v) is 4.56. The molecule has 2 aromatic rings. The maximum Gasteiger partial charge on any atom is 0.269 e. The first-order valence-electron chi connectivity index (χ1n) is 7.81. The fourth-order valence-electron chi connectivity index (χ4n) is 2.23. The molecule has 2 N–H and O–H groups in total. The summed E-state index contributed by atoms with van der Waals surface area (Å²) < 4.78 is 7.41. The van der Waals surface area contributed by atoms with Crippen molar-refractivity contribution in [2.75, 3.05) is 25.0 Å². The molecule has 0 bridgehead atoms. The number of nitrogens with one attached hydrogen (secondary N) is 2. The van der Waals surface area contributed by atoms with Crippen LogP contribution in [0.25, 0.3) is 0 Å². The highest BCUT2D eigenvalue weighted by Crippen LogP contribution is 2.34. The lowest BCUT2D eigenvalue weighted by Gasteiger charge is -2.12. The summed E-state index contributed by atoms with van der Waals surface area (Å²) >= 11 is 7.05. The number of hydrogen-bond donors (Lipinski definition) is 2. The van der Waals surface area contributed by atoms with Crippen LogP contribution in [0.1, 0.15) is 12.5 Å². The van der Waals surface area contributed by atoms with Crippen molar-refractivity contribution in [3.05, 3.63) is 61.0 Å². The van der Waals surface area contributed by atoms with E-state index in [-0.39, 0.29) is 18.1 Å². The van der Waals surface area contributed by atoms with Crippen LogP contribution in [-0.4, -0.2) is 24.6 Å². The summed E-state index contributed by atoms with van der Waals surface area (Å²) in [6.07, 6.45) is 0. The average Bonchev–Trinajstić information content (AvgIpc) is 2.58. The second-order valence-corrected chi connectivity index (χ2v) is 6.94. The van der Waals surface area contributed by atoms with E-state index in [4.69, 9.17) is 4.74 Å². The molecule has 26 heavy (non-hydrogen) atoms. The first-order chi connectivity index (χ1) is 12.0. The highest BCUT2D eigenvalue weighted by Gasteiger charge is 2.08. The van der Waals surface area contributed by atoms with Crippen molar-refractivity contribution in [1.29, 1.82) is 0 Å². The average molecular weight is 510 g/mol. The molecule has 0 fully saturated rings. The van der Waals surface area contributed by atoms with Crippen LogP contribution in [0.15, 0.2) is 45.3 Å². The van der Waals surface area contributed by atoms with Gasteiger partial charge in [-0.2, -0.15) is 0 Å². The number of nitro groups is 1. The van der Waals surface area contributed by atoms with Crippen molar-refractivity contribution in [3.63, 3.8) is 0 Å². The molecule has 0 spiro atoms. The molecule has 0 saturated carbocycles. The molecule has 0 heterocycles. The van der Waals surface area contributed by atoms with E-state index in [1.165, 1.54) is 12.1 Å². The van der Waals surface area contributed by atoms with Crippen LogP contribution < -0.4 is 15.4 Å². The molecule has 9 heteroatoms. The molecule has 2 aromatic carbocycles. The van der Waals surface area contributed by atoms with Crippen LogP contribution in [0.2, 0.25) is 0 Å². The van der Waals surface area contributed by atoms with Gasteiger partial charge in [0.05, 0.1) is 20.5 Å². The molecule has 6 nitrogen and oxygen atoms in total. The second-order valence-electron chi connectivity index (χ2n) is 5.23. The van der Waals surface area contributed by atoms with Crippen molar-refractivity contribution in [2.45, 2.75) is 13.5 Å². The second kappa shape index (κ2) is 11.4. The maximum absolute atomic E-state index is 10.6. The topological polar surface area (TPSA) is 76.4 Å². The number of ether oxygens (including phenoxy) is 1. The zero-order valence-corrected chi connectivity index (χ0v) is 18.1. The molecule has 0 unspecified atom stereocenters. The van der Waals surface area contributed by atoms with Crippen molar-refractivity contribution in [2.24, 2.45) is 0 Å². The Kier molecular flexibility index (Phi) is 9.93. The van der Waals surface area contributed by atoms with Gasteiger partial charge in [-0.3, -0.25) is 10.1 Å². The number of benzene rings is 2. The molecule has 0 aliphatic heterocycles. The zero-order chi connectivity index (χ0) is 18.2. The predicted molar refractivity (Wildman–Crippen MR) is 114 cm³/mol. The van der Waals surface area contributed by atoms with Gasteiger partial charge in [0, 0.05) is 37.5 Å². The lowest BCUT2D eigenvalue weighted by molar-refractivity contribution is -0.384. The zero-order valence-electron chi connectivity index (χ0n) is 14.1. The van der Waals surface area contributed by atoms with Crippen molar-refractivity contribution < 1.29 is 9.66 Å². The Hall–Kier alpha value is -1.35. The fraction of sp³-hybridized carbons (Fsp3) is 0.294. The van der Waals surface area contributed by atoms with Crippen LogP contribution >= 0.6 is 44.3 Å². The van der Waals surface area contributed by atoms with Gasteiger partial charge >= 0.3 is 0 Å². The third-order valence-electron chi connectivity index (χ3n) is 3.38. The first-order valence-corrected chi connectivity index (χ1v) is 9.39. The van der Waals surface area contributed by atoms with Crippen LogP contribution in [0.4, 0.5) is 11.4 Å². The maximum atomic E-state index is 10.6. The molecular formula is C17H20Br2ClN3O3. The van der Waals surface area contributed by atoms with Crippen LogP contribution in [-0.2, 0) is 6.54 Å². The quantitative estimate of drug-likeness (QED) is 0.278. The number of hydrogen-bond acceptors (Lipinski definition) is 5. The normalized spacial score (nSPS) is 10.1. The lowest BCUT2D eigenvalue weighted by Crippen LogP contribution is -2.21. The minimum Gasteiger partial charge on any atom is -0.492 e. The van der Waals surface area contributed by atoms with E-state index in [2.05, 4.69) is 42.5 Å². The molecule has 0 radical (unpaired) electrons. The predicted octanol–water partition coefficient (Wildman–Crippen LogP) is 5.14. The summed E-state index contributed by atoms with van der Waals surface area (Å²) in [6.45, 7) is 4.78. The van der Waals surface area contributed by atoms with Gasteiger partial charge in [0.25, 0.3) is 5.69 Å². The molecule has 0 aliphatic rings. The molecule has 0 saturated heterocycles. The lowest BCUT2D eigenvalue weighted by atomic mass is 10.2. The van der Waals surface area contributed by atoms with Crippen molar-refractivity contribution >= 4 is 55.6 Å². The fourth-order valence-corrected chi connectivity index (χ4v) is 3.74. The summed E-state index contributed by atoms with van der Waals surface area (Å²) in [5.74, 6) is 0.811. The highest BCUT2D eigenvalue weighted by molar-refractivity contribution is 9.11. The van der Waals surface area contributed by atoms with Gasteiger partial charge in [0.2, 0.25) is 0 Å². The third kappa shape index (κ3) is 6.75. The summed E-state index contributed by atoms with van der Waals surface area (Å²) in [6, 6.07) is 10.5. The van der Waals surface area contributed by atoms with E-state index in [0.29, 0.717) is 6.61 Å². The summed E-state index contributed by atoms with van der Waals surface area (Å²) in [4.78, 5) is 10.2. The molecular weight excluding hydrogens is 489 g/mol. The number of nitrogens with zero attached hydrogens (tertiary/aromatic N) is 1. The van der Waals surface area contributed by atoms with Gasteiger partial charge in [0.1, 0.15) is 5.75 Å². The van der Waals surface area contributed by atoms with E-state index >= 15 is 0 Å². The Morgan fingerprint density at radius 2 is 1.73 bits per heavy atom. The summed E-state index contributed by atoms with van der Waals surface area (Å²) in [5, 5.41) is 17.2. The summed E-state index contributed by atoms with van der Waals surface area (Å²) in [7, 11) is 0. The van der Waals surface area contributed by atoms with Crippen LogP contribution in [0.3, 0.4) is 0 Å². The summed E-state index contributed by atoms with van der Waals surface area (Å²) in [5.41, 5.74) is 2.09. The minimum absolute atomic E-state index is 0. The van der Waals surface area contributed by atoms with Gasteiger partial charge < -0.3 is 15.4 Å². The molecule has 0 aromatic heterocycles. The van der Waals surface area contributed by atoms with E-state index < -0.39 is 4.92 Å². The molecule has 2 rings (SSSR count). The monoisotopic (exact) mass is 507 g/mol. The van der Waals surface area contributed by atoms with Crippen molar-refractivity contribution in [3.8, 4) is 5.75 Å². The molecule has 142 valence electrons. The Morgan fingerprint density at radius 1 is 1.12 bits per heavy atom. The smallest absolute Gasteiger partial charge is 0.269 e. The van der Waals surface area contributed by atoms with E-state index in [1.54, 1.807) is 12.1 Å². The number of non-ortho nitro benzene ring substituents is 1. The molecule has 0 atom stereocenters. The number of anilines is 1. The van der Waals surface area contributed by atoms with Gasteiger partial charge in [-0.1, -0.05) is 0 Å². The van der Waals surface area contributed by atoms with E-state index in [0.717, 1.165) is 45.6 Å².